The van der Waals surface area contributed by atoms with Crippen LogP contribution in [0.4, 0.5) is 5.69 Å². The van der Waals surface area contributed by atoms with Crippen molar-refractivity contribution in [3.05, 3.63) is 39.9 Å². The Morgan fingerprint density at radius 1 is 1.50 bits per heavy atom. The fourth-order valence-electron chi connectivity index (χ4n) is 2.83. The zero-order valence-corrected chi connectivity index (χ0v) is 12.0. The Bertz CT molecular complexity index is 480. The molecule has 0 spiro atoms. The van der Waals surface area contributed by atoms with E-state index in [9.17, 15) is 10.1 Å². The molecule has 1 heterocycles. The summed E-state index contributed by atoms with van der Waals surface area (Å²) in [6, 6.07) is 7.32. The van der Waals surface area contributed by atoms with E-state index in [0.29, 0.717) is 12.6 Å². The van der Waals surface area contributed by atoms with Gasteiger partial charge in [-0.05, 0) is 19.5 Å². The molecule has 0 radical (unpaired) electrons. The second-order valence-corrected chi connectivity index (χ2v) is 5.42. The first-order valence-corrected chi connectivity index (χ1v) is 6.91. The van der Waals surface area contributed by atoms with Crippen molar-refractivity contribution in [1.82, 2.24) is 9.80 Å². The molecule has 0 bridgehead atoms. The molecule has 2 N–H and O–H groups in total. The summed E-state index contributed by atoms with van der Waals surface area (Å²) in [6.07, 6.45) is 0. The fraction of sp³-hybridized carbons (Fsp3) is 0.571. The van der Waals surface area contributed by atoms with Gasteiger partial charge in [-0.25, -0.2) is 0 Å². The van der Waals surface area contributed by atoms with Crippen LogP contribution in [-0.2, 0) is 0 Å². The van der Waals surface area contributed by atoms with Gasteiger partial charge in [-0.3, -0.25) is 15.0 Å². The minimum Gasteiger partial charge on any atom is -0.329 e. The summed E-state index contributed by atoms with van der Waals surface area (Å²) in [5.74, 6) is 0. The van der Waals surface area contributed by atoms with Crippen molar-refractivity contribution in [2.75, 3.05) is 33.2 Å². The number of nitrogens with zero attached hydrogens (tertiary/aromatic N) is 3. The number of benzene rings is 1. The zero-order chi connectivity index (χ0) is 14.7. The van der Waals surface area contributed by atoms with E-state index in [1.54, 1.807) is 12.1 Å². The Balaban J connectivity index is 2.19. The summed E-state index contributed by atoms with van der Waals surface area (Å²) >= 11 is 0. The summed E-state index contributed by atoms with van der Waals surface area (Å²) in [7, 11) is 2.10. The van der Waals surface area contributed by atoms with E-state index in [2.05, 4.69) is 23.8 Å². The molecule has 0 aliphatic carbocycles. The van der Waals surface area contributed by atoms with E-state index >= 15 is 0 Å². The Morgan fingerprint density at radius 3 is 2.90 bits per heavy atom. The largest absolute Gasteiger partial charge is 0.329 e. The second-order valence-electron chi connectivity index (χ2n) is 5.42. The first-order chi connectivity index (χ1) is 9.52. The lowest BCUT2D eigenvalue weighted by Gasteiger charge is -2.43. The number of nitro benzene ring substituents is 1. The van der Waals surface area contributed by atoms with Crippen LogP contribution in [-0.4, -0.2) is 54.0 Å². The number of hydrogen-bond acceptors (Lipinski definition) is 5. The van der Waals surface area contributed by atoms with E-state index in [4.69, 9.17) is 5.73 Å². The first-order valence-electron chi connectivity index (χ1n) is 6.91. The molecule has 110 valence electrons. The van der Waals surface area contributed by atoms with Crippen LogP contribution in [0.25, 0.3) is 0 Å². The minimum atomic E-state index is -0.347. The lowest BCUT2D eigenvalue weighted by atomic mass is 10.0. The monoisotopic (exact) mass is 278 g/mol. The standard InChI is InChI=1S/C14H22N4O2/c1-11(12-4-3-5-13(8-12)18(19)20)17-7-6-16(2)10-14(17)9-15/h3-5,8,11,14H,6-7,9-10,15H2,1-2H3. The molecule has 2 unspecified atom stereocenters. The van der Waals surface area contributed by atoms with Crippen molar-refractivity contribution in [1.29, 1.82) is 0 Å². The van der Waals surface area contributed by atoms with Crippen LogP contribution < -0.4 is 5.73 Å². The van der Waals surface area contributed by atoms with E-state index in [0.717, 1.165) is 25.2 Å². The van der Waals surface area contributed by atoms with Crippen molar-refractivity contribution in [3.63, 3.8) is 0 Å². The molecule has 6 heteroatoms. The van der Waals surface area contributed by atoms with Crippen molar-refractivity contribution < 1.29 is 4.92 Å². The van der Waals surface area contributed by atoms with Gasteiger partial charge in [0.2, 0.25) is 0 Å². The molecule has 6 nitrogen and oxygen atoms in total. The third kappa shape index (κ3) is 3.15. The maximum atomic E-state index is 10.9. The molecule has 20 heavy (non-hydrogen) atoms. The van der Waals surface area contributed by atoms with Gasteiger partial charge in [-0.1, -0.05) is 12.1 Å². The van der Waals surface area contributed by atoms with E-state index in [1.807, 2.05) is 6.07 Å². The fourth-order valence-corrected chi connectivity index (χ4v) is 2.83. The molecule has 1 aliphatic rings. The Labute approximate surface area is 119 Å². The van der Waals surface area contributed by atoms with Gasteiger partial charge in [0.1, 0.15) is 0 Å². The molecule has 2 rings (SSSR count). The van der Waals surface area contributed by atoms with Gasteiger partial charge in [0.05, 0.1) is 4.92 Å². The van der Waals surface area contributed by atoms with Crippen molar-refractivity contribution in [3.8, 4) is 0 Å². The highest BCUT2D eigenvalue weighted by atomic mass is 16.6. The number of piperazine rings is 1. The van der Waals surface area contributed by atoms with Gasteiger partial charge >= 0.3 is 0 Å². The van der Waals surface area contributed by atoms with E-state index in [-0.39, 0.29) is 16.7 Å². The second kappa shape index (κ2) is 6.30. The number of non-ortho nitro benzene ring substituents is 1. The van der Waals surface area contributed by atoms with Gasteiger partial charge in [0.25, 0.3) is 5.69 Å². The highest BCUT2D eigenvalue weighted by Crippen LogP contribution is 2.26. The molecule has 0 amide bonds. The summed E-state index contributed by atoms with van der Waals surface area (Å²) in [5, 5.41) is 10.9. The average molecular weight is 278 g/mol. The van der Waals surface area contributed by atoms with Crippen molar-refractivity contribution in [2.45, 2.75) is 19.0 Å². The zero-order valence-electron chi connectivity index (χ0n) is 12.0. The predicted octanol–water partition coefficient (Wildman–Crippen LogP) is 1.23. The maximum Gasteiger partial charge on any atom is 0.269 e. The molecule has 1 aromatic rings. The van der Waals surface area contributed by atoms with Gasteiger partial charge in [-0.2, -0.15) is 0 Å². The lowest BCUT2D eigenvalue weighted by molar-refractivity contribution is -0.385. The molecular weight excluding hydrogens is 256 g/mol. The molecule has 1 saturated heterocycles. The van der Waals surface area contributed by atoms with Crippen LogP contribution in [0.1, 0.15) is 18.5 Å². The van der Waals surface area contributed by atoms with Crippen LogP contribution >= 0.6 is 0 Å². The molecule has 1 aromatic carbocycles. The molecule has 1 fully saturated rings. The van der Waals surface area contributed by atoms with E-state index in [1.165, 1.54) is 6.07 Å². The third-order valence-electron chi connectivity index (χ3n) is 4.06. The smallest absolute Gasteiger partial charge is 0.269 e. The quantitative estimate of drug-likeness (QED) is 0.662. The van der Waals surface area contributed by atoms with Crippen molar-refractivity contribution >= 4 is 5.69 Å². The van der Waals surface area contributed by atoms with Gasteiger partial charge in [0.15, 0.2) is 0 Å². The minimum absolute atomic E-state index is 0.136. The first kappa shape index (κ1) is 14.9. The third-order valence-corrected chi connectivity index (χ3v) is 4.06. The van der Waals surface area contributed by atoms with Gasteiger partial charge in [0, 0.05) is 50.4 Å². The normalized spacial score (nSPS) is 22.6. The molecule has 1 aliphatic heterocycles. The van der Waals surface area contributed by atoms with Crippen LogP contribution in [0.5, 0.6) is 0 Å². The number of nitrogens with two attached hydrogens (primary N) is 1. The summed E-state index contributed by atoms with van der Waals surface area (Å²) in [6.45, 7) is 5.56. The lowest BCUT2D eigenvalue weighted by Crippen LogP contribution is -2.55. The van der Waals surface area contributed by atoms with E-state index < -0.39 is 0 Å². The average Bonchev–Trinajstić information content (AvgIpc) is 2.46. The van der Waals surface area contributed by atoms with Crippen molar-refractivity contribution in [2.24, 2.45) is 5.73 Å². The molecule has 0 aromatic heterocycles. The van der Waals surface area contributed by atoms with Crippen LogP contribution in [0.2, 0.25) is 0 Å². The van der Waals surface area contributed by atoms with Crippen LogP contribution in [0.15, 0.2) is 24.3 Å². The molecular formula is C14H22N4O2. The molecule has 2 atom stereocenters. The maximum absolute atomic E-state index is 10.9. The van der Waals surface area contributed by atoms with Gasteiger partial charge < -0.3 is 10.6 Å². The number of nitro groups is 1. The number of likely N-dealkylation sites (N-methyl/N-ethyl adjacent to an activating group) is 1. The molecule has 0 saturated carbocycles. The highest BCUT2D eigenvalue weighted by Gasteiger charge is 2.28. The van der Waals surface area contributed by atoms with Gasteiger partial charge in [-0.15, -0.1) is 0 Å². The highest BCUT2D eigenvalue weighted by molar-refractivity contribution is 5.35. The predicted molar refractivity (Wildman–Crippen MR) is 78.6 cm³/mol. The Morgan fingerprint density at radius 2 is 2.25 bits per heavy atom. The summed E-state index contributed by atoms with van der Waals surface area (Å²) < 4.78 is 0. The SMILES string of the molecule is CC(c1cccc([N+](=O)[O-])c1)N1CCN(C)CC1CN. The Hall–Kier alpha value is -1.50. The number of hydrogen-bond donors (Lipinski definition) is 1. The number of rotatable bonds is 4. The van der Waals surface area contributed by atoms with Crippen LogP contribution in [0, 0.1) is 10.1 Å². The summed E-state index contributed by atoms with van der Waals surface area (Å²) in [4.78, 5) is 15.2. The van der Waals surface area contributed by atoms with Crippen LogP contribution in [0.3, 0.4) is 0 Å². The topological polar surface area (TPSA) is 75.6 Å². The Kier molecular flexibility index (Phi) is 4.69. The summed E-state index contributed by atoms with van der Waals surface area (Å²) in [5.41, 5.74) is 6.99.